The van der Waals surface area contributed by atoms with Gasteiger partial charge in [-0.1, -0.05) is 44.0 Å². The van der Waals surface area contributed by atoms with Crippen LogP contribution in [0.5, 0.6) is 0 Å². The fourth-order valence-electron chi connectivity index (χ4n) is 3.69. The van der Waals surface area contributed by atoms with E-state index in [0.29, 0.717) is 5.92 Å². The average Bonchev–Trinajstić information content (AvgIpc) is 2.56. The number of halogens is 2. The number of hydrogen-bond donors (Lipinski definition) is 0. The molecule has 0 atom stereocenters. The van der Waals surface area contributed by atoms with Gasteiger partial charge in [-0.3, -0.25) is 4.79 Å². The van der Waals surface area contributed by atoms with E-state index >= 15 is 0 Å². The first kappa shape index (κ1) is 18.9. The van der Waals surface area contributed by atoms with Crippen molar-refractivity contribution in [3.63, 3.8) is 0 Å². The summed E-state index contributed by atoms with van der Waals surface area (Å²) in [5.41, 5.74) is 1.03. The van der Waals surface area contributed by atoms with Crippen LogP contribution in [0.4, 0.5) is 8.78 Å². The summed E-state index contributed by atoms with van der Waals surface area (Å²) in [4.78, 5) is 11.3. The highest BCUT2D eigenvalue weighted by Crippen LogP contribution is 2.39. The van der Waals surface area contributed by atoms with Gasteiger partial charge in [-0.15, -0.1) is 0 Å². The number of rotatable bonds is 7. The Kier molecular flexibility index (Phi) is 6.76. The standard InChI is InChI=1S/C20H28F2O2/c1-3-5-15-6-8-16(9-7-15)17-10-12-18(13-11-17)20(21,22)14-19(23)24-4-2/h10-13,15-16H,3-9,14H2,1-2H3/t15-,16-. The minimum absolute atomic E-state index is 0.112. The summed E-state index contributed by atoms with van der Waals surface area (Å²) in [5, 5.41) is 0. The molecule has 0 radical (unpaired) electrons. The van der Waals surface area contributed by atoms with Crippen molar-refractivity contribution in [1.29, 1.82) is 0 Å². The fourth-order valence-corrected chi connectivity index (χ4v) is 3.69. The topological polar surface area (TPSA) is 26.3 Å². The van der Waals surface area contributed by atoms with Crippen molar-refractivity contribution in [2.75, 3.05) is 6.61 Å². The second-order valence-corrected chi connectivity index (χ2v) is 6.81. The van der Waals surface area contributed by atoms with Gasteiger partial charge in [0.1, 0.15) is 6.42 Å². The Bertz CT molecular complexity index is 517. The summed E-state index contributed by atoms with van der Waals surface area (Å²) < 4.78 is 32.9. The Balaban J connectivity index is 1.96. The van der Waals surface area contributed by atoms with Gasteiger partial charge in [0.05, 0.1) is 6.61 Å². The van der Waals surface area contributed by atoms with Crippen LogP contribution in [0, 0.1) is 5.92 Å². The van der Waals surface area contributed by atoms with E-state index < -0.39 is 18.3 Å². The average molecular weight is 338 g/mol. The predicted molar refractivity (Wildman–Crippen MR) is 91.2 cm³/mol. The van der Waals surface area contributed by atoms with Crippen LogP contribution in [-0.2, 0) is 15.5 Å². The molecule has 1 fully saturated rings. The van der Waals surface area contributed by atoms with Crippen molar-refractivity contribution < 1.29 is 18.3 Å². The molecule has 0 aliphatic heterocycles. The molecule has 0 N–H and O–H groups in total. The van der Waals surface area contributed by atoms with Gasteiger partial charge in [0.15, 0.2) is 0 Å². The van der Waals surface area contributed by atoms with Gasteiger partial charge >= 0.3 is 5.97 Å². The summed E-state index contributed by atoms with van der Waals surface area (Å²) in [6, 6.07) is 6.54. The normalized spacial score (nSPS) is 21.5. The monoisotopic (exact) mass is 338 g/mol. The summed E-state index contributed by atoms with van der Waals surface area (Å²) in [6.45, 7) is 3.95. The maximum Gasteiger partial charge on any atom is 0.312 e. The van der Waals surface area contributed by atoms with Gasteiger partial charge in [0, 0.05) is 5.56 Å². The Morgan fingerprint density at radius 2 is 1.75 bits per heavy atom. The number of carbonyl (C=O) groups excluding carboxylic acids is 1. The highest BCUT2D eigenvalue weighted by Gasteiger charge is 2.35. The van der Waals surface area contributed by atoms with E-state index in [4.69, 9.17) is 0 Å². The zero-order chi connectivity index (χ0) is 17.6. The number of carbonyl (C=O) groups is 1. The molecular formula is C20H28F2O2. The molecule has 0 amide bonds. The first-order valence-corrected chi connectivity index (χ1v) is 9.10. The van der Waals surface area contributed by atoms with Crippen LogP contribution in [0.25, 0.3) is 0 Å². The Hall–Kier alpha value is -1.45. The Morgan fingerprint density at radius 3 is 2.29 bits per heavy atom. The van der Waals surface area contributed by atoms with Crippen LogP contribution in [0.1, 0.15) is 75.8 Å². The van der Waals surface area contributed by atoms with Crippen molar-refractivity contribution in [3.05, 3.63) is 35.4 Å². The lowest BCUT2D eigenvalue weighted by atomic mass is 9.77. The highest BCUT2D eigenvalue weighted by molar-refractivity contribution is 5.70. The highest BCUT2D eigenvalue weighted by atomic mass is 19.3. The van der Waals surface area contributed by atoms with Gasteiger partial charge in [-0.25, -0.2) is 8.78 Å². The summed E-state index contributed by atoms with van der Waals surface area (Å²) in [7, 11) is 0. The zero-order valence-corrected chi connectivity index (χ0v) is 14.7. The molecule has 0 saturated heterocycles. The minimum atomic E-state index is -3.18. The van der Waals surface area contributed by atoms with Crippen molar-refractivity contribution in [1.82, 2.24) is 0 Å². The van der Waals surface area contributed by atoms with Gasteiger partial charge in [0.25, 0.3) is 5.92 Å². The molecule has 0 bridgehead atoms. The number of esters is 1. The number of ether oxygens (including phenoxy) is 1. The van der Waals surface area contributed by atoms with Crippen LogP contribution in [-0.4, -0.2) is 12.6 Å². The van der Waals surface area contributed by atoms with Crippen molar-refractivity contribution in [3.8, 4) is 0 Å². The van der Waals surface area contributed by atoms with Crippen LogP contribution in [0.15, 0.2) is 24.3 Å². The molecule has 0 heterocycles. The van der Waals surface area contributed by atoms with Gasteiger partial charge < -0.3 is 4.74 Å². The summed E-state index contributed by atoms with van der Waals surface area (Å²) in [5.74, 6) is -2.73. The summed E-state index contributed by atoms with van der Waals surface area (Å²) in [6.07, 6.45) is 6.39. The number of hydrogen-bond acceptors (Lipinski definition) is 2. The third-order valence-corrected chi connectivity index (χ3v) is 5.02. The fraction of sp³-hybridized carbons (Fsp3) is 0.650. The van der Waals surface area contributed by atoms with Gasteiger partial charge in [-0.2, -0.15) is 0 Å². The van der Waals surface area contributed by atoms with E-state index in [1.54, 1.807) is 19.1 Å². The van der Waals surface area contributed by atoms with E-state index in [2.05, 4.69) is 11.7 Å². The van der Waals surface area contributed by atoms with Crippen molar-refractivity contribution >= 4 is 5.97 Å². The third-order valence-electron chi connectivity index (χ3n) is 5.02. The van der Waals surface area contributed by atoms with Crippen LogP contribution >= 0.6 is 0 Å². The van der Waals surface area contributed by atoms with Crippen LogP contribution in [0.3, 0.4) is 0 Å². The summed E-state index contributed by atoms with van der Waals surface area (Å²) >= 11 is 0. The first-order chi connectivity index (χ1) is 11.5. The van der Waals surface area contributed by atoms with E-state index in [9.17, 15) is 13.6 Å². The molecule has 2 rings (SSSR count). The number of benzene rings is 1. The lowest BCUT2D eigenvalue weighted by Gasteiger charge is -2.29. The van der Waals surface area contributed by atoms with Gasteiger partial charge in [-0.05, 0) is 50.0 Å². The third kappa shape index (κ3) is 5.02. The molecule has 4 heteroatoms. The maximum absolute atomic E-state index is 14.1. The molecule has 1 aliphatic carbocycles. The van der Waals surface area contributed by atoms with Crippen molar-refractivity contribution in [2.24, 2.45) is 5.92 Å². The maximum atomic E-state index is 14.1. The molecule has 2 nitrogen and oxygen atoms in total. The first-order valence-electron chi connectivity index (χ1n) is 9.10. The Morgan fingerprint density at radius 1 is 1.12 bits per heavy atom. The van der Waals surface area contributed by atoms with E-state index in [0.717, 1.165) is 24.3 Å². The zero-order valence-electron chi connectivity index (χ0n) is 14.7. The van der Waals surface area contributed by atoms with E-state index in [-0.39, 0.29) is 12.2 Å². The lowest BCUT2D eigenvalue weighted by Crippen LogP contribution is -2.20. The predicted octanol–water partition coefficient (Wildman–Crippen LogP) is 5.81. The lowest BCUT2D eigenvalue weighted by molar-refractivity contribution is -0.151. The second kappa shape index (κ2) is 8.59. The molecule has 1 saturated carbocycles. The van der Waals surface area contributed by atoms with E-state index in [1.807, 2.05) is 0 Å². The molecule has 0 unspecified atom stereocenters. The Labute approximate surface area is 143 Å². The minimum Gasteiger partial charge on any atom is -0.466 e. The molecule has 0 aromatic heterocycles. The smallest absolute Gasteiger partial charge is 0.312 e. The molecule has 24 heavy (non-hydrogen) atoms. The molecule has 134 valence electrons. The molecule has 0 spiro atoms. The number of alkyl halides is 2. The SMILES string of the molecule is CCC[C@H]1CC[C@H](c2ccc(C(F)(F)CC(=O)OCC)cc2)CC1. The molecule has 1 aromatic carbocycles. The van der Waals surface area contributed by atoms with Gasteiger partial charge in [0.2, 0.25) is 0 Å². The molecule has 1 aliphatic rings. The van der Waals surface area contributed by atoms with Crippen LogP contribution in [0.2, 0.25) is 0 Å². The van der Waals surface area contributed by atoms with Crippen molar-refractivity contribution in [2.45, 2.75) is 70.6 Å². The molecular weight excluding hydrogens is 310 g/mol. The molecule has 1 aromatic rings. The largest absolute Gasteiger partial charge is 0.466 e. The van der Waals surface area contributed by atoms with E-state index in [1.165, 1.54) is 37.8 Å². The second-order valence-electron chi connectivity index (χ2n) is 6.81. The quantitative estimate of drug-likeness (QED) is 0.587. The van der Waals surface area contributed by atoms with Crippen LogP contribution < -0.4 is 0 Å².